The van der Waals surface area contributed by atoms with Crippen LogP contribution < -0.4 is 10.6 Å². The van der Waals surface area contributed by atoms with E-state index in [1.165, 1.54) is 12.1 Å². The van der Waals surface area contributed by atoms with Crippen LogP contribution in [0.1, 0.15) is 57.2 Å². The van der Waals surface area contributed by atoms with Crippen molar-refractivity contribution in [3.8, 4) is 0 Å². The quantitative estimate of drug-likeness (QED) is 0.438. The Bertz CT molecular complexity index is 1000. The highest BCUT2D eigenvalue weighted by molar-refractivity contribution is 7.80. The molecule has 0 aromatic heterocycles. The molecule has 0 radical (unpaired) electrons. The minimum atomic E-state index is -4.50. The molecule has 2 aromatic rings. The van der Waals surface area contributed by atoms with Crippen LogP contribution in [0.15, 0.2) is 42.5 Å². The van der Waals surface area contributed by atoms with E-state index in [4.69, 9.17) is 23.8 Å². The fourth-order valence-electron chi connectivity index (χ4n) is 4.84. The average Bonchev–Trinajstić information content (AvgIpc) is 2.63. The maximum absolute atomic E-state index is 13.1. The first-order valence-corrected chi connectivity index (χ1v) is 11.7. The molecule has 1 aliphatic rings. The van der Waals surface area contributed by atoms with E-state index in [2.05, 4.69) is 62.3 Å². The van der Waals surface area contributed by atoms with Crippen LogP contribution in [0, 0.1) is 6.92 Å². The van der Waals surface area contributed by atoms with Crippen molar-refractivity contribution in [1.82, 2.24) is 10.2 Å². The van der Waals surface area contributed by atoms with Gasteiger partial charge in [0.15, 0.2) is 5.11 Å². The number of anilines is 1. The van der Waals surface area contributed by atoms with Crippen molar-refractivity contribution in [2.24, 2.45) is 0 Å². The minimum absolute atomic E-state index is 0.0936. The molecule has 3 rings (SSSR count). The Morgan fingerprint density at radius 2 is 1.73 bits per heavy atom. The highest BCUT2D eigenvalue weighted by Crippen LogP contribution is 2.36. The van der Waals surface area contributed by atoms with Crippen molar-refractivity contribution < 1.29 is 13.2 Å². The van der Waals surface area contributed by atoms with Crippen LogP contribution in [0.4, 0.5) is 18.9 Å². The lowest BCUT2D eigenvalue weighted by atomic mass is 9.79. The molecule has 1 aliphatic heterocycles. The van der Waals surface area contributed by atoms with Gasteiger partial charge in [0.2, 0.25) is 0 Å². The SMILES string of the molecule is Cc1ccccc1CN(C(=S)Nc1ccc(C(F)(F)F)c(Cl)c1)C1CC(C)(C)NC(C)(C)C1. The largest absolute Gasteiger partial charge is 0.417 e. The van der Waals surface area contributed by atoms with E-state index >= 15 is 0 Å². The molecule has 1 heterocycles. The first-order chi connectivity index (χ1) is 15.2. The second kappa shape index (κ2) is 9.43. The third-order valence-corrected chi connectivity index (χ3v) is 6.65. The van der Waals surface area contributed by atoms with Crippen molar-refractivity contribution in [1.29, 1.82) is 0 Å². The molecule has 2 aromatic carbocycles. The van der Waals surface area contributed by atoms with Gasteiger partial charge in [0.25, 0.3) is 0 Å². The van der Waals surface area contributed by atoms with E-state index in [-0.39, 0.29) is 22.1 Å². The molecule has 8 heteroatoms. The van der Waals surface area contributed by atoms with Crippen LogP contribution in [0.25, 0.3) is 0 Å². The number of benzene rings is 2. The summed E-state index contributed by atoms with van der Waals surface area (Å²) in [6, 6.07) is 11.9. The Morgan fingerprint density at radius 3 is 2.27 bits per heavy atom. The molecular formula is C25H31ClF3N3S. The molecule has 0 saturated carbocycles. The lowest BCUT2D eigenvalue weighted by molar-refractivity contribution is -0.137. The summed E-state index contributed by atoms with van der Waals surface area (Å²) in [5, 5.41) is 6.94. The summed E-state index contributed by atoms with van der Waals surface area (Å²) >= 11 is 11.7. The zero-order valence-electron chi connectivity index (χ0n) is 19.6. The fraction of sp³-hybridized carbons (Fsp3) is 0.480. The van der Waals surface area contributed by atoms with Gasteiger partial charge in [-0.15, -0.1) is 0 Å². The van der Waals surface area contributed by atoms with E-state index in [1.807, 2.05) is 12.1 Å². The smallest absolute Gasteiger partial charge is 0.342 e. The van der Waals surface area contributed by atoms with Crippen molar-refractivity contribution in [2.45, 2.75) is 77.3 Å². The van der Waals surface area contributed by atoms with Gasteiger partial charge in [-0.25, -0.2) is 0 Å². The second-order valence-electron chi connectivity index (χ2n) is 10.1. The van der Waals surface area contributed by atoms with Crippen molar-refractivity contribution in [2.75, 3.05) is 5.32 Å². The Morgan fingerprint density at radius 1 is 1.12 bits per heavy atom. The van der Waals surface area contributed by atoms with Gasteiger partial charge in [-0.1, -0.05) is 35.9 Å². The van der Waals surface area contributed by atoms with E-state index in [0.29, 0.717) is 17.3 Å². The van der Waals surface area contributed by atoms with Gasteiger partial charge in [-0.3, -0.25) is 0 Å². The predicted octanol–water partition coefficient (Wildman–Crippen LogP) is 7.18. The van der Waals surface area contributed by atoms with Crippen LogP contribution in [0.3, 0.4) is 0 Å². The van der Waals surface area contributed by atoms with Crippen molar-refractivity contribution >= 4 is 34.6 Å². The molecule has 33 heavy (non-hydrogen) atoms. The highest BCUT2D eigenvalue weighted by atomic mass is 35.5. The first-order valence-electron chi connectivity index (χ1n) is 11.0. The monoisotopic (exact) mass is 497 g/mol. The Labute approximate surface area is 204 Å². The molecule has 1 fully saturated rings. The van der Waals surface area contributed by atoms with Crippen LogP contribution >= 0.6 is 23.8 Å². The summed E-state index contributed by atoms with van der Waals surface area (Å²) in [5.41, 5.74) is 1.70. The summed E-state index contributed by atoms with van der Waals surface area (Å²) in [4.78, 5) is 2.16. The number of hydrogen-bond acceptors (Lipinski definition) is 2. The number of nitrogens with zero attached hydrogens (tertiary/aromatic N) is 1. The summed E-state index contributed by atoms with van der Waals surface area (Å²) in [7, 11) is 0. The first kappa shape index (κ1) is 25.8. The summed E-state index contributed by atoms with van der Waals surface area (Å²) in [6.07, 6.45) is -2.75. The van der Waals surface area contributed by atoms with Crippen LogP contribution in [-0.2, 0) is 12.7 Å². The molecule has 1 saturated heterocycles. The van der Waals surface area contributed by atoms with Gasteiger partial charge >= 0.3 is 6.18 Å². The number of aryl methyl sites for hydroxylation is 1. The Balaban J connectivity index is 1.91. The van der Waals surface area contributed by atoms with Crippen LogP contribution in [0.2, 0.25) is 5.02 Å². The van der Waals surface area contributed by atoms with E-state index < -0.39 is 11.7 Å². The summed E-state index contributed by atoms with van der Waals surface area (Å²) in [5.74, 6) is 0. The van der Waals surface area contributed by atoms with Crippen molar-refractivity contribution in [3.63, 3.8) is 0 Å². The number of rotatable bonds is 4. The predicted molar refractivity (Wildman–Crippen MR) is 134 cm³/mol. The summed E-state index contributed by atoms with van der Waals surface area (Å²) in [6.45, 7) is 11.4. The topological polar surface area (TPSA) is 27.3 Å². The lowest BCUT2D eigenvalue weighted by Gasteiger charge is -2.50. The fourth-order valence-corrected chi connectivity index (χ4v) is 5.46. The maximum Gasteiger partial charge on any atom is 0.417 e. The van der Waals surface area contributed by atoms with Gasteiger partial charge in [0.05, 0.1) is 10.6 Å². The van der Waals surface area contributed by atoms with Crippen molar-refractivity contribution in [3.05, 3.63) is 64.2 Å². The second-order valence-corrected chi connectivity index (χ2v) is 10.9. The molecule has 0 atom stereocenters. The Hall–Kier alpha value is -1.83. The van der Waals surface area contributed by atoms with Gasteiger partial charge in [-0.2, -0.15) is 13.2 Å². The van der Waals surface area contributed by atoms with Crippen LogP contribution in [0.5, 0.6) is 0 Å². The normalized spacial score (nSPS) is 18.1. The zero-order valence-corrected chi connectivity index (χ0v) is 21.2. The molecule has 0 amide bonds. The highest BCUT2D eigenvalue weighted by Gasteiger charge is 2.41. The third-order valence-electron chi connectivity index (χ3n) is 6.00. The Kier molecular flexibility index (Phi) is 7.37. The molecule has 0 aliphatic carbocycles. The number of piperidine rings is 1. The molecule has 0 unspecified atom stereocenters. The van der Waals surface area contributed by atoms with Crippen LogP contribution in [-0.4, -0.2) is 27.1 Å². The number of hydrogen-bond donors (Lipinski definition) is 2. The maximum atomic E-state index is 13.1. The average molecular weight is 498 g/mol. The van der Waals surface area contributed by atoms with E-state index in [1.54, 1.807) is 0 Å². The number of halogens is 4. The molecule has 2 N–H and O–H groups in total. The van der Waals surface area contributed by atoms with Gasteiger partial charge in [0.1, 0.15) is 0 Å². The zero-order chi connectivity index (χ0) is 24.6. The minimum Gasteiger partial charge on any atom is -0.342 e. The lowest BCUT2D eigenvalue weighted by Crippen LogP contribution is -2.63. The third kappa shape index (κ3) is 6.61. The van der Waals surface area contributed by atoms with Gasteiger partial charge in [-0.05, 0) is 89.0 Å². The summed E-state index contributed by atoms with van der Waals surface area (Å²) < 4.78 is 39.3. The number of nitrogens with one attached hydrogen (secondary N) is 2. The van der Waals surface area contributed by atoms with Gasteiger partial charge in [0, 0.05) is 29.4 Å². The molecule has 0 spiro atoms. The van der Waals surface area contributed by atoms with E-state index in [9.17, 15) is 13.2 Å². The standard InChI is InChI=1S/C25H31ClF3N3S/c1-16-8-6-7-9-17(16)15-32(19-13-23(2,3)31-24(4,5)14-19)22(33)30-18-10-11-20(21(26)12-18)25(27,28)29/h6-12,19,31H,13-15H2,1-5H3,(H,30,33). The number of thiocarbonyl (C=S) groups is 1. The van der Waals surface area contributed by atoms with Gasteiger partial charge < -0.3 is 15.5 Å². The van der Waals surface area contributed by atoms with E-state index in [0.717, 1.165) is 30.0 Å². The molecular weight excluding hydrogens is 467 g/mol. The molecule has 0 bridgehead atoms. The molecule has 3 nitrogen and oxygen atoms in total. The number of alkyl halides is 3. The molecule has 180 valence electrons.